The second-order valence-electron chi connectivity index (χ2n) is 9.14. The standard InChI is InChI=1S/C26H26N6O3S2/c27-12-10-18-6-8-19(9-7-18)30-25-22-11-13-32(37(34,35)21-4-2-1-3-5-21)26(22)28-15-23(25)31-24(33)14-20-16-36-17-29-20/h1-5,11,13,15-19H,6-10,14H2,(H,28,30)(H,31,33). The Kier molecular flexibility index (Phi) is 7.21. The largest absolute Gasteiger partial charge is 0.380 e. The molecular formula is C26H26N6O3S2. The van der Waals surface area contributed by atoms with Gasteiger partial charge in [-0.05, 0) is 49.8 Å². The van der Waals surface area contributed by atoms with Crippen molar-refractivity contribution >= 4 is 49.7 Å². The number of hydrogen-bond acceptors (Lipinski definition) is 8. The van der Waals surface area contributed by atoms with E-state index in [1.165, 1.54) is 27.7 Å². The van der Waals surface area contributed by atoms with Crippen LogP contribution in [-0.2, 0) is 21.2 Å². The van der Waals surface area contributed by atoms with Crippen molar-refractivity contribution in [2.24, 2.45) is 5.92 Å². The van der Waals surface area contributed by atoms with Gasteiger partial charge in [0.2, 0.25) is 5.91 Å². The third-order valence-corrected chi connectivity index (χ3v) is 8.97. The Balaban J connectivity index is 1.49. The molecule has 0 atom stereocenters. The van der Waals surface area contributed by atoms with E-state index in [0.717, 1.165) is 25.7 Å². The van der Waals surface area contributed by atoms with Crippen molar-refractivity contribution in [1.82, 2.24) is 13.9 Å². The second-order valence-corrected chi connectivity index (χ2v) is 11.7. The molecule has 11 heteroatoms. The molecule has 2 N–H and O–H groups in total. The number of hydrogen-bond donors (Lipinski definition) is 2. The molecule has 1 aliphatic rings. The summed E-state index contributed by atoms with van der Waals surface area (Å²) in [5.41, 5.74) is 3.77. The molecule has 9 nitrogen and oxygen atoms in total. The quantitative estimate of drug-likeness (QED) is 0.332. The first-order valence-corrected chi connectivity index (χ1v) is 14.4. The summed E-state index contributed by atoms with van der Waals surface area (Å²) in [5.74, 6) is 0.166. The van der Waals surface area contributed by atoms with E-state index in [1.807, 2.05) is 5.38 Å². The number of amides is 1. The SMILES string of the molecule is N#CCC1CCC(Nc2c(NC(=O)Cc3cscn3)cnc3c2ccn3S(=O)(=O)c2ccccc2)CC1. The number of fused-ring (bicyclic) bond motifs is 1. The highest BCUT2D eigenvalue weighted by molar-refractivity contribution is 7.90. The summed E-state index contributed by atoms with van der Waals surface area (Å²) >= 11 is 1.43. The molecule has 1 aliphatic carbocycles. The lowest BCUT2D eigenvalue weighted by Crippen LogP contribution is -2.27. The predicted octanol–water partition coefficient (Wildman–Crippen LogP) is 4.80. The smallest absolute Gasteiger partial charge is 0.269 e. The van der Waals surface area contributed by atoms with Crippen molar-refractivity contribution < 1.29 is 13.2 Å². The zero-order chi connectivity index (χ0) is 25.8. The number of benzene rings is 1. The summed E-state index contributed by atoms with van der Waals surface area (Å²) in [5, 5.41) is 18.0. The lowest BCUT2D eigenvalue weighted by molar-refractivity contribution is -0.115. The minimum Gasteiger partial charge on any atom is -0.380 e. The van der Waals surface area contributed by atoms with Crippen LogP contribution in [0.4, 0.5) is 11.4 Å². The number of pyridine rings is 1. The Morgan fingerprint density at radius 1 is 1.14 bits per heavy atom. The number of carbonyl (C=O) groups excluding carboxylic acids is 1. The van der Waals surface area contributed by atoms with Gasteiger partial charge < -0.3 is 10.6 Å². The summed E-state index contributed by atoms with van der Waals surface area (Å²) in [6.45, 7) is 0. The van der Waals surface area contributed by atoms with Crippen LogP contribution in [0.15, 0.2) is 64.6 Å². The van der Waals surface area contributed by atoms with E-state index in [0.29, 0.717) is 34.8 Å². The van der Waals surface area contributed by atoms with Crippen LogP contribution in [0.1, 0.15) is 37.8 Å². The van der Waals surface area contributed by atoms with Gasteiger partial charge in [-0.2, -0.15) is 5.26 Å². The van der Waals surface area contributed by atoms with Gasteiger partial charge in [0, 0.05) is 29.4 Å². The van der Waals surface area contributed by atoms with Crippen LogP contribution < -0.4 is 10.6 Å². The Morgan fingerprint density at radius 3 is 2.62 bits per heavy atom. The van der Waals surface area contributed by atoms with Gasteiger partial charge in [-0.15, -0.1) is 11.3 Å². The maximum absolute atomic E-state index is 13.3. The van der Waals surface area contributed by atoms with Crippen LogP contribution in [0.25, 0.3) is 11.0 Å². The molecule has 0 radical (unpaired) electrons. The molecule has 0 spiro atoms. The number of nitriles is 1. The predicted molar refractivity (Wildman–Crippen MR) is 143 cm³/mol. The van der Waals surface area contributed by atoms with Crippen LogP contribution in [-0.4, -0.2) is 34.3 Å². The van der Waals surface area contributed by atoms with Crippen molar-refractivity contribution in [1.29, 1.82) is 5.26 Å². The fraction of sp³-hybridized carbons (Fsp3) is 0.308. The fourth-order valence-corrected chi connectivity index (χ4v) is 6.62. The van der Waals surface area contributed by atoms with Crippen LogP contribution in [0, 0.1) is 17.2 Å². The molecule has 3 heterocycles. The van der Waals surface area contributed by atoms with E-state index in [2.05, 4.69) is 26.7 Å². The highest BCUT2D eigenvalue weighted by Gasteiger charge is 2.25. The lowest BCUT2D eigenvalue weighted by Gasteiger charge is -2.29. The first-order valence-electron chi connectivity index (χ1n) is 12.1. The molecule has 1 saturated carbocycles. The maximum Gasteiger partial charge on any atom is 0.269 e. The Morgan fingerprint density at radius 2 is 1.92 bits per heavy atom. The monoisotopic (exact) mass is 534 g/mol. The minimum atomic E-state index is -3.85. The molecule has 190 valence electrons. The molecule has 0 saturated heterocycles. The summed E-state index contributed by atoms with van der Waals surface area (Å²) in [7, 11) is -3.85. The van der Waals surface area contributed by atoms with Crippen molar-refractivity contribution in [3.05, 3.63) is 65.4 Å². The van der Waals surface area contributed by atoms with Gasteiger partial charge in [-0.3, -0.25) is 4.79 Å². The molecule has 0 unspecified atom stereocenters. The second kappa shape index (κ2) is 10.7. The molecule has 0 bridgehead atoms. The van der Waals surface area contributed by atoms with E-state index in [-0.39, 0.29) is 28.9 Å². The highest BCUT2D eigenvalue weighted by atomic mass is 32.2. The Bertz CT molecular complexity index is 1530. The van der Waals surface area contributed by atoms with Crippen LogP contribution in [0.5, 0.6) is 0 Å². The Hall–Kier alpha value is -3.75. The van der Waals surface area contributed by atoms with Gasteiger partial charge in [0.25, 0.3) is 10.0 Å². The summed E-state index contributed by atoms with van der Waals surface area (Å²) in [6, 6.07) is 12.3. The van der Waals surface area contributed by atoms with Crippen molar-refractivity contribution in [3.8, 4) is 6.07 Å². The maximum atomic E-state index is 13.3. The van der Waals surface area contributed by atoms with E-state index in [4.69, 9.17) is 5.26 Å². The van der Waals surface area contributed by atoms with Crippen molar-refractivity contribution in [3.63, 3.8) is 0 Å². The fourth-order valence-electron chi connectivity index (χ4n) is 4.74. The zero-order valence-electron chi connectivity index (χ0n) is 20.0. The van der Waals surface area contributed by atoms with E-state index in [1.54, 1.807) is 41.9 Å². The topological polar surface area (TPSA) is 130 Å². The van der Waals surface area contributed by atoms with Gasteiger partial charge in [0.05, 0.1) is 46.2 Å². The van der Waals surface area contributed by atoms with Crippen LogP contribution >= 0.6 is 11.3 Å². The molecule has 1 aromatic carbocycles. The van der Waals surface area contributed by atoms with E-state index < -0.39 is 10.0 Å². The van der Waals surface area contributed by atoms with Crippen molar-refractivity contribution in [2.75, 3.05) is 10.6 Å². The van der Waals surface area contributed by atoms with Crippen LogP contribution in [0.3, 0.4) is 0 Å². The molecule has 0 aliphatic heterocycles. The number of carbonyl (C=O) groups is 1. The third kappa shape index (κ3) is 5.35. The molecule has 4 aromatic rings. The van der Waals surface area contributed by atoms with Gasteiger partial charge >= 0.3 is 0 Å². The average molecular weight is 535 g/mol. The number of nitrogens with one attached hydrogen (secondary N) is 2. The van der Waals surface area contributed by atoms with Crippen molar-refractivity contribution in [2.45, 2.75) is 49.5 Å². The molecular weight excluding hydrogens is 508 g/mol. The first-order chi connectivity index (χ1) is 18.0. The average Bonchev–Trinajstić information content (AvgIpc) is 3.57. The molecule has 37 heavy (non-hydrogen) atoms. The normalized spacial score (nSPS) is 17.8. The lowest BCUT2D eigenvalue weighted by atomic mass is 9.84. The first kappa shape index (κ1) is 24.9. The summed E-state index contributed by atoms with van der Waals surface area (Å²) in [6.07, 6.45) is 7.32. The highest BCUT2D eigenvalue weighted by Crippen LogP contribution is 2.36. The molecule has 1 fully saturated rings. The van der Waals surface area contributed by atoms with Gasteiger partial charge in [0.15, 0.2) is 5.65 Å². The van der Waals surface area contributed by atoms with Gasteiger partial charge in [-0.1, -0.05) is 18.2 Å². The van der Waals surface area contributed by atoms with E-state index >= 15 is 0 Å². The van der Waals surface area contributed by atoms with E-state index in [9.17, 15) is 13.2 Å². The summed E-state index contributed by atoms with van der Waals surface area (Å²) < 4.78 is 27.9. The molecule has 3 aromatic heterocycles. The van der Waals surface area contributed by atoms with Gasteiger partial charge in [-0.25, -0.2) is 22.4 Å². The number of rotatable bonds is 8. The molecule has 5 rings (SSSR count). The molecule has 1 amide bonds. The summed E-state index contributed by atoms with van der Waals surface area (Å²) in [4.78, 5) is 21.6. The van der Waals surface area contributed by atoms with Crippen LogP contribution in [0.2, 0.25) is 0 Å². The third-order valence-electron chi connectivity index (χ3n) is 6.66. The number of thiazole rings is 1. The number of anilines is 2. The minimum absolute atomic E-state index is 0.129. The number of aromatic nitrogens is 3. The zero-order valence-corrected chi connectivity index (χ0v) is 21.6. The van der Waals surface area contributed by atoms with Gasteiger partial charge in [0.1, 0.15) is 0 Å². The number of nitrogens with zero attached hydrogens (tertiary/aromatic N) is 4. The Labute approximate surface area is 219 Å².